The highest BCUT2D eigenvalue weighted by Gasteiger charge is 2.10. The Hall–Kier alpha value is -1.42. The van der Waals surface area contributed by atoms with Gasteiger partial charge in [0, 0.05) is 6.42 Å². The van der Waals surface area contributed by atoms with E-state index in [9.17, 15) is 4.79 Å². The van der Waals surface area contributed by atoms with E-state index >= 15 is 0 Å². The largest absolute Gasteiger partial charge is 0.496 e. The smallest absolute Gasteiger partial charge is 0.224 e. The second kappa shape index (κ2) is 7.73. The molecule has 0 unspecified atom stereocenters. The summed E-state index contributed by atoms with van der Waals surface area (Å²) in [5.74, 6) is 0.606. The van der Waals surface area contributed by atoms with E-state index in [-0.39, 0.29) is 5.91 Å². The topological polar surface area (TPSA) is 38.3 Å². The molecule has 1 amide bonds. The first-order chi connectivity index (χ1) is 10.5. The van der Waals surface area contributed by atoms with Gasteiger partial charge in [-0.25, -0.2) is 0 Å². The van der Waals surface area contributed by atoms with Gasteiger partial charge in [0.05, 0.1) is 27.9 Å². The normalized spacial score (nSPS) is 10.4. The predicted octanol–water partition coefficient (Wildman–Crippen LogP) is 5.23. The van der Waals surface area contributed by atoms with Crippen LogP contribution in [0.3, 0.4) is 0 Å². The van der Waals surface area contributed by atoms with Gasteiger partial charge in [0.1, 0.15) is 5.75 Å². The van der Waals surface area contributed by atoms with E-state index in [2.05, 4.69) is 5.32 Å². The number of hydrogen-bond donors (Lipinski definition) is 1. The Bertz CT molecular complexity index is 689. The summed E-state index contributed by atoms with van der Waals surface area (Å²) >= 11 is 17.8. The Labute approximate surface area is 144 Å². The maximum absolute atomic E-state index is 12.0. The van der Waals surface area contributed by atoms with Gasteiger partial charge in [0.25, 0.3) is 0 Å². The fraction of sp³-hybridized carbons (Fsp3) is 0.188. The number of benzene rings is 2. The number of carbonyl (C=O) groups excluding carboxylic acids is 1. The van der Waals surface area contributed by atoms with Crippen molar-refractivity contribution in [3.05, 3.63) is 57.0 Å². The highest BCUT2D eigenvalue weighted by atomic mass is 35.5. The first-order valence-corrected chi connectivity index (χ1v) is 7.71. The van der Waals surface area contributed by atoms with E-state index in [4.69, 9.17) is 39.5 Å². The van der Waals surface area contributed by atoms with Crippen molar-refractivity contribution in [1.29, 1.82) is 0 Å². The summed E-state index contributed by atoms with van der Waals surface area (Å²) in [6.45, 7) is 0. The molecule has 0 heterocycles. The number of halogens is 3. The third-order valence-corrected chi connectivity index (χ3v) is 4.13. The van der Waals surface area contributed by atoms with E-state index in [1.165, 1.54) is 12.1 Å². The van der Waals surface area contributed by atoms with Crippen LogP contribution in [-0.4, -0.2) is 13.0 Å². The number of ether oxygens (including phenoxy) is 1. The van der Waals surface area contributed by atoms with Gasteiger partial charge in [-0.2, -0.15) is 0 Å². The molecule has 1 N–H and O–H groups in total. The number of aryl methyl sites for hydroxylation is 1. The SMILES string of the molecule is COc1ccccc1CCC(=O)Nc1cc(Cl)c(Cl)cc1Cl. The molecule has 2 aromatic carbocycles. The minimum atomic E-state index is -0.161. The average Bonchev–Trinajstić information content (AvgIpc) is 2.51. The molecular formula is C16H14Cl3NO2. The second-order valence-electron chi connectivity index (χ2n) is 4.61. The minimum absolute atomic E-state index is 0.161. The summed E-state index contributed by atoms with van der Waals surface area (Å²) in [5.41, 5.74) is 1.42. The highest BCUT2D eigenvalue weighted by molar-refractivity contribution is 6.44. The lowest BCUT2D eigenvalue weighted by Gasteiger charge is -2.10. The molecule has 3 nitrogen and oxygen atoms in total. The summed E-state index contributed by atoms with van der Waals surface area (Å²) < 4.78 is 5.26. The first-order valence-electron chi connectivity index (χ1n) is 6.57. The van der Waals surface area contributed by atoms with Crippen LogP contribution in [0.15, 0.2) is 36.4 Å². The molecular weight excluding hydrogens is 345 g/mol. The third kappa shape index (κ3) is 4.29. The monoisotopic (exact) mass is 357 g/mol. The summed E-state index contributed by atoms with van der Waals surface area (Å²) in [6.07, 6.45) is 0.867. The van der Waals surface area contributed by atoms with Crippen molar-refractivity contribution < 1.29 is 9.53 Å². The van der Waals surface area contributed by atoms with Gasteiger partial charge in [-0.1, -0.05) is 53.0 Å². The predicted molar refractivity (Wildman–Crippen MR) is 91.4 cm³/mol. The summed E-state index contributed by atoms with van der Waals surface area (Å²) in [5, 5.41) is 3.76. The van der Waals surface area contributed by atoms with Gasteiger partial charge in [-0.3, -0.25) is 4.79 Å². The molecule has 0 aliphatic rings. The molecule has 0 atom stereocenters. The molecule has 0 aliphatic carbocycles. The number of hydrogen-bond acceptors (Lipinski definition) is 2. The molecule has 6 heteroatoms. The van der Waals surface area contributed by atoms with Crippen LogP contribution in [0.5, 0.6) is 5.75 Å². The van der Waals surface area contributed by atoms with Crippen molar-refractivity contribution >= 4 is 46.4 Å². The molecule has 0 spiro atoms. The van der Waals surface area contributed by atoms with Crippen LogP contribution in [0.2, 0.25) is 15.1 Å². The van der Waals surface area contributed by atoms with Crippen molar-refractivity contribution in [3.8, 4) is 5.75 Å². The molecule has 0 aromatic heterocycles. The Morgan fingerprint density at radius 3 is 2.50 bits per heavy atom. The Morgan fingerprint density at radius 2 is 1.77 bits per heavy atom. The molecule has 116 valence electrons. The van der Waals surface area contributed by atoms with E-state index in [1.54, 1.807) is 7.11 Å². The quantitative estimate of drug-likeness (QED) is 0.743. The number of anilines is 1. The van der Waals surface area contributed by atoms with E-state index in [0.717, 1.165) is 11.3 Å². The zero-order chi connectivity index (χ0) is 16.1. The fourth-order valence-corrected chi connectivity index (χ4v) is 2.58. The zero-order valence-corrected chi connectivity index (χ0v) is 14.1. The number of para-hydroxylation sites is 1. The van der Waals surface area contributed by atoms with E-state index in [1.807, 2.05) is 24.3 Å². The lowest BCUT2D eigenvalue weighted by Crippen LogP contribution is -2.13. The number of nitrogens with one attached hydrogen (secondary N) is 1. The Morgan fingerprint density at radius 1 is 1.09 bits per heavy atom. The van der Waals surface area contributed by atoms with Crippen LogP contribution in [-0.2, 0) is 11.2 Å². The van der Waals surface area contributed by atoms with Crippen LogP contribution in [0.1, 0.15) is 12.0 Å². The Kier molecular flexibility index (Phi) is 5.95. The van der Waals surface area contributed by atoms with Crippen molar-refractivity contribution in [2.75, 3.05) is 12.4 Å². The molecule has 22 heavy (non-hydrogen) atoms. The first kappa shape index (κ1) is 16.9. The van der Waals surface area contributed by atoms with Gasteiger partial charge in [-0.05, 0) is 30.2 Å². The van der Waals surface area contributed by atoms with Gasteiger partial charge in [0.15, 0.2) is 0 Å². The van der Waals surface area contributed by atoms with Crippen molar-refractivity contribution in [2.24, 2.45) is 0 Å². The number of rotatable bonds is 5. The lowest BCUT2D eigenvalue weighted by atomic mass is 10.1. The molecule has 0 bridgehead atoms. The minimum Gasteiger partial charge on any atom is -0.496 e. The van der Waals surface area contributed by atoms with Crippen LogP contribution < -0.4 is 10.1 Å². The fourth-order valence-electron chi connectivity index (χ4n) is 1.99. The van der Waals surface area contributed by atoms with E-state index < -0.39 is 0 Å². The second-order valence-corrected chi connectivity index (χ2v) is 5.83. The van der Waals surface area contributed by atoms with Crippen LogP contribution in [0, 0.1) is 0 Å². The average molecular weight is 359 g/mol. The molecule has 0 radical (unpaired) electrons. The van der Waals surface area contributed by atoms with Crippen molar-refractivity contribution in [3.63, 3.8) is 0 Å². The maximum Gasteiger partial charge on any atom is 0.224 e. The Balaban J connectivity index is 2.00. The van der Waals surface area contributed by atoms with Gasteiger partial charge >= 0.3 is 0 Å². The summed E-state index contributed by atoms with van der Waals surface area (Å²) in [4.78, 5) is 12.0. The molecule has 2 aromatic rings. The summed E-state index contributed by atoms with van der Waals surface area (Å²) in [7, 11) is 1.61. The molecule has 0 saturated carbocycles. The standard InChI is InChI=1S/C16H14Cl3NO2/c1-22-15-5-3-2-4-10(15)6-7-16(21)20-14-9-12(18)11(17)8-13(14)19/h2-5,8-9H,6-7H2,1H3,(H,20,21). The molecule has 0 fully saturated rings. The third-order valence-electron chi connectivity index (χ3n) is 3.10. The van der Waals surface area contributed by atoms with Crippen molar-refractivity contribution in [2.45, 2.75) is 12.8 Å². The highest BCUT2D eigenvalue weighted by Crippen LogP contribution is 2.32. The molecule has 0 aliphatic heterocycles. The number of methoxy groups -OCH3 is 1. The van der Waals surface area contributed by atoms with Crippen molar-refractivity contribution in [1.82, 2.24) is 0 Å². The van der Waals surface area contributed by atoms with Gasteiger partial charge in [0.2, 0.25) is 5.91 Å². The van der Waals surface area contributed by atoms with Crippen LogP contribution in [0.25, 0.3) is 0 Å². The van der Waals surface area contributed by atoms with E-state index in [0.29, 0.717) is 33.6 Å². The van der Waals surface area contributed by atoms with Gasteiger partial charge in [-0.15, -0.1) is 0 Å². The molecule has 0 saturated heterocycles. The maximum atomic E-state index is 12.0. The lowest BCUT2D eigenvalue weighted by molar-refractivity contribution is -0.116. The van der Waals surface area contributed by atoms with Gasteiger partial charge < -0.3 is 10.1 Å². The summed E-state index contributed by atoms with van der Waals surface area (Å²) in [6, 6.07) is 10.6. The number of carbonyl (C=O) groups is 1. The zero-order valence-electron chi connectivity index (χ0n) is 11.8. The molecule has 2 rings (SSSR count). The van der Waals surface area contributed by atoms with Crippen LogP contribution >= 0.6 is 34.8 Å². The number of amides is 1. The van der Waals surface area contributed by atoms with Crippen LogP contribution in [0.4, 0.5) is 5.69 Å².